The molecule has 0 saturated heterocycles. The number of phosphoric ester groups is 2. The van der Waals surface area contributed by atoms with Crippen LogP contribution in [0, 0.1) is 5.92 Å². The molecule has 0 aliphatic heterocycles. The molecule has 0 spiro atoms. The highest BCUT2D eigenvalue weighted by molar-refractivity contribution is 7.47. The topological polar surface area (TPSA) is 237 Å². The van der Waals surface area contributed by atoms with Gasteiger partial charge in [0, 0.05) is 25.7 Å². The number of esters is 4. The molecule has 0 aromatic rings. The van der Waals surface area contributed by atoms with Gasteiger partial charge in [0.05, 0.1) is 26.4 Å². The monoisotopic (exact) mass is 1610 g/mol. The zero-order valence-electron chi connectivity index (χ0n) is 72.4. The molecule has 0 heterocycles. The highest BCUT2D eigenvalue weighted by atomic mass is 31.2. The Morgan fingerprint density at radius 2 is 0.418 bits per heavy atom. The summed E-state index contributed by atoms with van der Waals surface area (Å²) in [7, 11) is -9.93. The first-order chi connectivity index (χ1) is 53.5. The number of unbranched alkanes of at least 4 members (excludes halogenated alkanes) is 63. The lowest BCUT2D eigenvalue weighted by Gasteiger charge is -2.21. The Hall–Kier alpha value is -1.94. The minimum absolute atomic E-state index is 0.109. The number of aliphatic hydroxyl groups excluding tert-OH is 1. The molecule has 654 valence electrons. The average molecular weight is 1610 g/mol. The van der Waals surface area contributed by atoms with Gasteiger partial charge in [0.25, 0.3) is 0 Å². The number of aliphatic hydroxyl groups is 1. The van der Waals surface area contributed by atoms with Crippen LogP contribution in [0.1, 0.15) is 497 Å². The van der Waals surface area contributed by atoms with Crippen molar-refractivity contribution in [3.63, 3.8) is 0 Å². The maximum absolute atomic E-state index is 13.2. The van der Waals surface area contributed by atoms with Crippen LogP contribution in [0.4, 0.5) is 0 Å². The van der Waals surface area contributed by atoms with Gasteiger partial charge in [0.2, 0.25) is 0 Å². The first kappa shape index (κ1) is 108. The molecule has 0 saturated carbocycles. The van der Waals surface area contributed by atoms with E-state index in [1.807, 2.05) is 0 Å². The lowest BCUT2D eigenvalue weighted by Crippen LogP contribution is -2.30. The van der Waals surface area contributed by atoms with E-state index in [-0.39, 0.29) is 25.7 Å². The van der Waals surface area contributed by atoms with Crippen molar-refractivity contribution in [1.29, 1.82) is 0 Å². The molecule has 17 nitrogen and oxygen atoms in total. The number of carbonyl (C=O) groups is 4. The van der Waals surface area contributed by atoms with Crippen LogP contribution in [0.3, 0.4) is 0 Å². The van der Waals surface area contributed by atoms with Crippen molar-refractivity contribution in [2.75, 3.05) is 39.6 Å². The van der Waals surface area contributed by atoms with Gasteiger partial charge in [-0.2, -0.15) is 0 Å². The van der Waals surface area contributed by atoms with Crippen LogP contribution < -0.4 is 0 Å². The second-order valence-corrected chi connectivity index (χ2v) is 36.1. The zero-order valence-corrected chi connectivity index (χ0v) is 74.2. The molecule has 0 aliphatic rings. The van der Waals surface area contributed by atoms with Gasteiger partial charge >= 0.3 is 39.5 Å². The van der Waals surface area contributed by atoms with Gasteiger partial charge < -0.3 is 33.8 Å². The Kier molecular flexibility index (Phi) is 82.1. The summed E-state index contributed by atoms with van der Waals surface area (Å²) in [5.74, 6) is -1.29. The fourth-order valence-electron chi connectivity index (χ4n) is 14.4. The van der Waals surface area contributed by atoms with E-state index in [0.717, 1.165) is 95.8 Å². The molecular formula is C91H178O17P2. The van der Waals surface area contributed by atoms with Gasteiger partial charge in [0.15, 0.2) is 12.2 Å². The summed E-state index contributed by atoms with van der Waals surface area (Å²) in [6.07, 6.45) is 79.2. The molecule has 0 radical (unpaired) electrons. The predicted octanol–water partition coefficient (Wildman–Crippen LogP) is 28.3. The van der Waals surface area contributed by atoms with Gasteiger partial charge in [-0.05, 0) is 31.6 Å². The molecule has 2 unspecified atom stereocenters. The van der Waals surface area contributed by atoms with Crippen LogP contribution in [-0.4, -0.2) is 96.7 Å². The van der Waals surface area contributed by atoms with E-state index in [9.17, 15) is 43.2 Å². The van der Waals surface area contributed by atoms with Crippen molar-refractivity contribution in [2.45, 2.75) is 515 Å². The minimum Gasteiger partial charge on any atom is -0.462 e. The maximum atomic E-state index is 13.2. The number of hydrogen-bond acceptors (Lipinski definition) is 15. The van der Waals surface area contributed by atoms with Crippen LogP contribution >= 0.6 is 15.6 Å². The summed E-state index contributed by atoms with van der Waals surface area (Å²) in [6.45, 7) is 7.42. The van der Waals surface area contributed by atoms with E-state index in [1.54, 1.807) is 0 Å². The first-order valence-corrected chi connectivity index (χ1v) is 50.1. The Morgan fingerprint density at radius 1 is 0.245 bits per heavy atom. The molecule has 110 heavy (non-hydrogen) atoms. The van der Waals surface area contributed by atoms with Gasteiger partial charge in [-0.15, -0.1) is 0 Å². The molecule has 0 rings (SSSR count). The third-order valence-corrected chi connectivity index (χ3v) is 23.4. The zero-order chi connectivity index (χ0) is 80.4. The van der Waals surface area contributed by atoms with E-state index in [0.29, 0.717) is 25.7 Å². The first-order valence-electron chi connectivity index (χ1n) is 47.1. The standard InChI is InChI=1S/C91H178O17P2/c1-6-9-12-15-18-21-24-27-29-31-33-35-37-41-45-50-55-60-65-70-75-89(94)102-81-87(108-90(95)76-71-66-61-56-51-46-42-38-36-34-32-30-28-25-22-19-16-13-10-7-2)83-106-110(99,100)104-79-85(92)78-103-109(97,98)105-82-86(80-101-88(93)74-69-64-59-54-49-26-23-20-17-14-11-8-3)107-91(96)77-72-67-62-57-52-47-43-39-40-44-48-53-58-63-68-73-84(4)5/h84-87,92H,6-83H2,1-5H3,(H,97,98)(H,99,100)/t85-,86+,87+/m0/s1. The molecule has 3 N–H and O–H groups in total. The molecule has 0 aliphatic carbocycles. The van der Waals surface area contributed by atoms with Crippen molar-refractivity contribution >= 4 is 39.5 Å². The molecule has 0 aromatic carbocycles. The van der Waals surface area contributed by atoms with E-state index >= 15 is 0 Å². The molecular weight excluding hydrogens is 1430 g/mol. The number of rotatable bonds is 91. The highest BCUT2D eigenvalue weighted by Crippen LogP contribution is 2.45. The van der Waals surface area contributed by atoms with E-state index < -0.39 is 97.5 Å². The summed E-state index contributed by atoms with van der Waals surface area (Å²) in [4.78, 5) is 73.4. The van der Waals surface area contributed by atoms with Crippen molar-refractivity contribution in [3.05, 3.63) is 0 Å². The number of hydrogen-bond donors (Lipinski definition) is 3. The third kappa shape index (κ3) is 84.0. The summed E-state index contributed by atoms with van der Waals surface area (Å²) < 4.78 is 69.1. The van der Waals surface area contributed by atoms with Crippen LogP contribution in [0.2, 0.25) is 0 Å². The van der Waals surface area contributed by atoms with Crippen molar-refractivity contribution in [2.24, 2.45) is 5.92 Å². The summed E-state index contributed by atoms with van der Waals surface area (Å²) in [5.41, 5.74) is 0. The number of phosphoric acid groups is 2. The SMILES string of the molecule is CCCCCCCCCCCCCCCCCCCCCCC(=O)OC[C@H](COP(=O)(O)OC[C@@H](O)COP(=O)(O)OC[C@@H](COC(=O)CCCCCCCCCCCCCC)OC(=O)CCCCCCCCCCCCCCCCCC(C)C)OC(=O)CCCCCCCCCCCCCCCCCCCCCC. The summed E-state index contributed by atoms with van der Waals surface area (Å²) >= 11 is 0. The molecule has 19 heteroatoms. The Bertz CT molecular complexity index is 2080. The summed E-state index contributed by atoms with van der Waals surface area (Å²) in [6, 6.07) is 0. The van der Waals surface area contributed by atoms with Crippen LogP contribution in [-0.2, 0) is 65.4 Å². The highest BCUT2D eigenvalue weighted by Gasteiger charge is 2.31. The van der Waals surface area contributed by atoms with E-state index in [1.165, 1.54) is 321 Å². The average Bonchev–Trinajstić information content (AvgIpc) is 0.897. The van der Waals surface area contributed by atoms with Gasteiger partial charge in [-0.3, -0.25) is 37.3 Å². The van der Waals surface area contributed by atoms with E-state index in [4.69, 9.17) is 37.0 Å². The molecule has 5 atom stereocenters. The number of ether oxygens (including phenoxy) is 4. The molecule has 0 fully saturated rings. The second kappa shape index (κ2) is 83.5. The van der Waals surface area contributed by atoms with Crippen LogP contribution in [0.5, 0.6) is 0 Å². The normalized spacial score (nSPS) is 13.7. The van der Waals surface area contributed by atoms with Gasteiger partial charge in [-0.1, -0.05) is 446 Å². The molecule has 0 amide bonds. The van der Waals surface area contributed by atoms with Gasteiger partial charge in [-0.25, -0.2) is 9.13 Å². The third-order valence-electron chi connectivity index (χ3n) is 21.5. The quantitative estimate of drug-likeness (QED) is 0.0222. The largest absolute Gasteiger partial charge is 0.472 e. The minimum atomic E-state index is -4.97. The van der Waals surface area contributed by atoms with E-state index in [2.05, 4.69) is 34.6 Å². The Balaban J connectivity index is 5.24. The lowest BCUT2D eigenvalue weighted by molar-refractivity contribution is -0.161. The molecule has 0 bridgehead atoms. The van der Waals surface area contributed by atoms with Gasteiger partial charge in [0.1, 0.15) is 19.3 Å². The second-order valence-electron chi connectivity index (χ2n) is 33.2. The lowest BCUT2D eigenvalue weighted by atomic mass is 10.0. The summed E-state index contributed by atoms with van der Waals surface area (Å²) in [5, 5.41) is 10.7. The smallest absolute Gasteiger partial charge is 0.462 e. The molecule has 0 aromatic heterocycles. The van der Waals surface area contributed by atoms with Crippen LogP contribution in [0.25, 0.3) is 0 Å². The predicted molar refractivity (Wildman–Crippen MR) is 455 cm³/mol. The Labute approximate surface area is 677 Å². The van der Waals surface area contributed by atoms with Crippen molar-refractivity contribution in [3.8, 4) is 0 Å². The Morgan fingerprint density at radius 3 is 0.618 bits per heavy atom. The van der Waals surface area contributed by atoms with Crippen LogP contribution in [0.15, 0.2) is 0 Å². The fourth-order valence-corrected chi connectivity index (χ4v) is 15.9. The number of carbonyl (C=O) groups excluding carboxylic acids is 4. The fraction of sp³-hybridized carbons (Fsp3) is 0.956. The maximum Gasteiger partial charge on any atom is 0.472 e. The van der Waals surface area contributed by atoms with Crippen molar-refractivity contribution < 1.29 is 80.2 Å². The van der Waals surface area contributed by atoms with Crippen molar-refractivity contribution in [1.82, 2.24) is 0 Å².